The summed E-state index contributed by atoms with van der Waals surface area (Å²) in [5, 5.41) is 18.3. The fourth-order valence-electron chi connectivity index (χ4n) is 2.62. The van der Waals surface area contributed by atoms with Crippen molar-refractivity contribution in [1.29, 1.82) is 0 Å². The summed E-state index contributed by atoms with van der Waals surface area (Å²) in [6.07, 6.45) is 9.96. The summed E-state index contributed by atoms with van der Waals surface area (Å²) in [5.74, 6) is 0. The lowest BCUT2D eigenvalue weighted by Gasteiger charge is -2.05. The number of hydrogen-bond acceptors (Lipinski definition) is 4. The second-order valence-corrected chi connectivity index (χ2v) is 5.84. The molecular weight excluding hydrogens is 228 g/mol. The quantitative estimate of drug-likeness (QED) is 0.492. The average Bonchev–Trinajstić information content (AvgIpc) is 2.63. The van der Waals surface area contributed by atoms with Gasteiger partial charge in [-0.05, 0) is 64.2 Å². The van der Waals surface area contributed by atoms with Crippen molar-refractivity contribution in [3.05, 3.63) is 0 Å². The second-order valence-electron chi connectivity index (χ2n) is 5.84. The largest absolute Gasteiger partial charge is 0.393 e. The summed E-state index contributed by atoms with van der Waals surface area (Å²) in [7, 11) is 0. The average molecular weight is 258 g/mol. The molecule has 4 heteroatoms. The van der Waals surface area contributed by atoms with Gasteiger partial charge in [0.2, 0.25) is 0 Å². The van der Waals surface area contributed by atoms with Crippen LogP contribution in [0.4, 0.5) is 0 Å². The number of nitrogens with two attached hydrogens (primary N) is 2. The standard InChI is InChI=1S/2C7H15NO/c2*8-6-2-1-3-7(9)5-4-6/h2*6-7,9H,1-5,8H2/t2*6-,7+/m10/s1. The Morgan fingerprint density at radius 1 is 0.556 bits per heavy atom. The minimum absolute atomic E-state index is 0.0708. The summed E-state index contributed by atoms with van der Waals surface area (Å²) in [5.41, 5.74) is 11.4. The van der Waals surface area contributed by atoms with Crippen molar-refractivity contribution in [2.24, 2.45) is 11.5 Å². The van der Waals surface area contributed by atoms with Crippen molar-refractivity contribution in [3.63, 3.8) is 0 Å². The van der Waals surface area contributed by atoms with E-state index in [1.807, 2.05) is 0 Å². The fourth-order valence-corrected chi connectivity index (χ4v) is 2.62. The Morgan fingerprint density at radius 3 is 1.33 bits per heavy atom. The molecule has 6 N–H and O–H groups in total. The van der Waals surface area contributed by atoms with Crippen LogP contribution in [0.15, 0.2) is 0 Å². The van der Waals surface area contributed by atoms with Crippen molar-refractivity contribution in [2.75, 3.05) is 0 Å². The van der Waals surface area contributed by atoms with Crippen molar-refractivity contribution in [3.8, 4) is 0 Å². The molecule has 0 aromatic rings. The molecule has 2 aliphatic carbocycles. The first-order chi connectivity index (χ1) is 8.58. The van der Waals surface area contributed by atoms with Gasteiger partial charge in [-0.2, -0.15) is 0 Å². The van der Waals surface area contributed by atoms with E-state index in [9.17, 15) is 0 Å². The highest BCUT2D eigenvalue weighted by Gasteiger charge is 2.13. The van der Waals surface area contributed by atoms with E-state index in [1.165, 1.54) is 0 Å². The van der Waals surface area contributed by atoms with Gasteiger partial charge in [0, 0.05) is 12.1 Å². The molecule has 0 heterocycles. The normalized spacial score (nSPS) is 38.0. The molecule has 0 radical (unpaired) electrons. The van der Waals surface area contributed by atoms with Gasteiger partial charge in [0.15, 0.2) is 0 Å². The van der Waals surface area contributed by atoms with Gasteiger partial charge in [-0.1, -0.05) is 0 Å². The van der Waals surface area contributed by atoms with Crippen LogP contribution in [0.3, 0.4) is 0 Å². The molecule has 0 aromatic heterocycles. The topological polar surface area (TPSA) is 92.5 Å². The molecule has 2 aliphatic rings. The van der Waals surface area contributed by atoms with Gasteiger partial charge >= 0.3 is 0 Å². The SMILES string of the molecule is N[C@@H]1CCC[C@H](O)CC1.N[C@H]1CCC[C@@H](O)CC1. The highest BCUT2D eigenvalue weighted by molar-refractivity contribution is 4.71. The number of rotatable bonds is 0. The third-order valence-electron chi connectivity index (χ3n) is 3.97. The lowest BCUT2D eigenvalue weighted by atomic mass is 10.1. The Hall–Kier alpha value is -0.160. The molecule has 2 rings (SSSR count). The van der Waals surface area contributed by atoms with E-state index < -0.39 is 0 Å². The highest BCUT2D eigenvalue weighted by Crippen LogP contribution is 2.16. The van der Waals surface area contributed by atoms with Crippen LogP contribution in [-0.4, -0.2) is 34.5 Å². The van der Waals surface area contributed by atoms with E-state index in [2.05, 4.69) is 0 Å². The number of aliphatic hydroxyl groups is 2. The second kappa shape index (κ2) is 8.86. The van der Waals surface area contributed by atoms with Gasteiger partial charge in [-0.25, -0.2) is 0 Å². The first-order valence-electron chi connectivity index (χ1n) is 7.45. The van der Waals surface area contributed by atoms with Crippen LogP contribution < -0.4 is 11.5 Å². The van der Waals surface area contributed by atoms with E-state index >= 15 is 0 Å². The molecule has 2 fully saturated rings. The van der Waals surface area contributed by atoms with Crippen LogP contribution in [-0.2, 0) is 0 Å². The molecule has 0 spiro atoms. The minimum Gasteiger partial charge on any atom is -0.393 e. The van der Waals surface area contributed by atoms with Crippen LogP contribution in [0.2, 0.25) is 0 Å². The van der Waals surface area contributed by atoms with Crippen LogP contribution in [0.25, 0.3) is 0 Å². The molecule has 18 heavy (non-hydrogen) atoms. The predicted octanol–water partition coefficient (Wildman–Crippen LogP) is 1.28. The molecule has 0 aromatic carbocycles. The van der Waals surface area contributed by atoms with Crippen molar-refractivity contribution in [2.45, 2.75) is 88.5 Å². The number of hydrogen-bond donors (Lipinski definition) is 4. The van der Waals surface area contributed by atoms with E-state index in [4.69, 9.17) is 21.7 Å². The van der Waals surface area contributed by atoms with Gasteiger partial charge in [0.1, 0.15) is 0 Å². The van der Waals surface area contributed by atoms with Crippen LogP contribution in [0.1, 0.15) is 64.2 Å². The molecule has 0 saturated heterocycles. The van der Waals surface area contributed by atoms with Crippen molar-refractivity contribution >= 4 is 0 Å². The summed E-state index contributed by atoms with van der Waals surface area (Å²) in [6, 6.07) is 0.698. The lowest BCUT2D eigenvalue weighted by molar-refractivity contribution is 0.156. The molecule has 0 unspecified atom stereocenters. The summed E-state index contributed by atoms with van der Waals surface area (Å²) in [4.78, 5) is 0. The smallest absolute Gasteiger partial charge is 0.0540 e. The van der Waals surface area contributed by atoms with Crippen LogP contribution in [0, 0.1) is 0 Å². The molecule has 0 aliphatic heterocycles. The van der Waals surface area contributed by atoms with E-state index in [-0.39, 0.29) is 12.2 Å². The van der Waals surface area contributed by atoms with Gasteiger partial charge < -0.3 is 21.7 Å². The highest BCUT2D eigenvalue weighted by atomic mass is 16.3. The van der Waals surface area contributed by atoms with Gasteiger partial charge in [0.25, 0.3) is 0 Å². The molecule has 4 atom stereocenters. The monoisotopic (exact) mass is 258 g/mol. The van der Waals surface area contributed by atoms with E-state index in [1.54, 1.807) is 0 Å². The predicted molar refractivity (Wildman–Crippen MR) is 74.1 cm³/mol. The van der Waals surface area contributed by atoms with Crippen molar-refractivity contribution < 1.29 is 10.2 Å². The Labute approximate surface area is 111 Å². The summed E-state index contributed by atoms with van der Waals surface area (Å²) in [6.45, 7) is 0. The lowest BCUT2D eigenvalue weighted by Crippen LogP contribution is -2.18. The summed E-state index contributed by atoms with van der Waals surface area (Å²) < 4.78 is 0. The third kappa shape index (κ3) is 7.31. The Kier molecular flexibility index (Phi) is 7.82. The molecule has 0 amide bonds. The molecule has 2 saturated carbocycles. The number of aliphatic hydroxyl groups excluding tert-OH is 2. The van der Waals surface area contributed by atoms with Crippen molar-refractivity contribution in [1.82, 2.24) is 0 Å². The van der Waals surface area contributed by atoms with Crippen LogP contribution >= 0.6 is 0 Å². The Balaban J connectivity index is 0.000000180. The maximum atomic E-state index is 9.15. The fraction of sp³-hybridized carbons (Fsp3) is 1.00. The molecule has 4 nitrogen and oxygen atoms in total. The van der Waals surface area contributed by atoms with Crippen LogP contribution in [0.5, 0.6) is 0 Å². The Morgan fingerprint density at radius 2 is 0.944 bits per heavy atom. The maximum Gasteiger partial charge on any atom is 0.0540 e. The first-order valence-corrected chi connectivity index (χ1v) is 7.45. The zero-order valence-corrected chi connectivity index (χ0v) is 11.4. The molecule has 0 bridgehead atoms. The first kappa shape index (κ1) is 15.9. The molecular formula is C14H30N2O2. The van der Waals surface area contributed by atoms with E-state index in [0.717, 1.165) is 64.2 Å². The molecule has 108 valence electrons. The summed E-state index contributed by atoms with van der Waals surface area (Å²) >= 11 is 0. The van der Waals surface area contributed by atoms with Gasteiger partial charge in [-0.15, -0.1) is 0 Å². The minimum atomic E-state index is -0.0708. The Bertz CT molecular complexity index is 172. The zero-order chi connectivity index (χ0) is 13.4. The van der Waals surface area contributed by atoms with Gasteiger partial charge in [0.05, 0.1) is 12.2 Å². The zero-order valence-electron chi connectivity index (χ0n) is 11.4. The maximum absolute atomic E-state index is 9.15. The van der Waals surface area contributed by atoms with Gasteiger partial charge in [-0.3, -0.25) is 0 Å². The third-order valence-corrected chi connectivity index (χ3v) is 3.97. The van der Waals surface area contributed by atoms with E-state index in [0.29, 0.717) is 12.1 Å².